The van der Waals surface area contributed by atoms with E-state index in [4.69, 9.17) is 0 Å². The van der Waals surface area contributed by atoms with Gasteiger partial charge in [0, 0.05) is 16.3 Å². The van der Waals surface area contributed by atoms with Crippen molar-refractivity contribution in [1.82, 2.24) is 20.6 Å². The van der Waals surface area contributed by atoms with Gasteiger partial charge in [-0.15, -0.1) is 10.2 Å². The first kappa shape index (κ1) is 11.3. The molecule has 0 amide bonds. The summed E-state index contributed by atoms with van der Waals surface area (Å²) in [5.41, 5.74) is 3.86. The molecule has 0 saturated heterocycles. The van der Waals surface area contributed by atoms with Gasteiger partial charge >= 0.3 is 0 Å². The van der Waals surface area contributed by atoms with Crippen LogP contribution in [0.4, 0.5) is 11.4 Å². The average molecular weight is 293 g/mol. The largest absolute Gasteiger partial charge is 0.338 e. The Kier molecular flexibility index (Phi) is 2.20. The zero-order valence-electron chi connectivity index (χ0n) is 11.0. The van der Waals surface area contributed by atoms with Gasteiger partial charge in [0.15, 0.2) is 5.82 Å². The quantitative estimate of drug-likeness (QED) is 0.747. The van der Waals surface area contributed by atoms with Gasteiger partial charge in [-0.1, -0.05) is 41.2 Å². The van der Waals surface area contributed by atoms with Crippen LogP contribution in [0.3, 0.4) is 0 Å². The lowest BCUT2D eigenvalue weighted by molar-refractivity contribution is 0.782. The minimum absolute atomic E-state index is 0.172. The van der Waals surface area contributed by atoms with Crippen LogP contribution in [0.2, 0.25) is 0 Å². The van der Waals surface area contributed by atoms with E-state index in [9.17, 15) is 0 Å². The van der Waals surface area contributed by atoms with Crippen LogP contribution in [0.1, 0.15) is 17.3 Å². The molecule has 2 aliphatic rings. The zero-order valence-corrected chi connectivity index (χ0v) is 11.8. The maximum atomic E-state index is 4.19. The van der Waals surface area contributed by atoms with Crippen LogP contribution < -0.4 is 4.90 Å². The molecule has 3 heterocycles. The maximum absolute atomic E-state index is 4.19. The third-order valence-corrected chi connectivity index (χ3v) is 5.20. The van der Waals surface area contributed by atoms with Crippen LogP contribution in [0, 0.1) is 0 Å². The number of nitrogens with one attached hydrogen (secondary N) is 1. The minimum Gasteiger partial charge on any atom is -0.338 e. The van der Waals surface area contributed by atoms with Gasteiger partial charge < -0.3 is 4.90 Å². The molecule has 1 aromatic heterocycles. The van der Waals surface area contributed by atoms with Crippen molar-refractivity contribution in [2.75, 3.05) is 11.4 Å². The molecule has 0 saturated carbocycles. The second-order valence-corrected chi connectivity index (χ2v) is 6.28. The molecule has 0 spiro atoms. The molecule has 6 heteroatoms. The van der Waals surface area contributed by atoms with Crippen molar-refractivity contribution >= 4 is 23.1 Å². The highest BCUT2D eigenvalue weighted by Crippen LogP contribution is 2.54. The predicted octanol–water partition coefficient (Wildman–Crippen LogP) is 2.95. The number of nitrogens with zero attached hydrogens (tertiary/aromatic N) is 4. The molecule has 2 aromatic carbocycles. The Morgan fingerprint density at radius 3 is 2.90 bits per heavy atom. The summed E-state index contributed by atoms with van der Waals surface area (Å²) in [6, 6.07) is 15.0. The Labute approximate surface area is 125 Å². The third kappa shape index (κ3) is 1.50. The summed E-state index contributed by atoms with van der Waals surface area (Å²) in [6.45, 7) is 0.865. The topological polar surface area (TPSA) is 57.7 Å². The van der Waals surface area contributed by atoms with E-state index in [1.54, 1.807) is 0 Å². The van der Waals surface area contributed by atoms with Crippen LogP contribution in [-0.2, 0) is 0 Å². The number of para-hydroxylation sites is 2. The molecule has 1 unspecified atom stereocenters. The van der Waals surface area contributed by atoms with Gasteiger partial charge in [0.25, 0.3) is 0 Å². The van der Waals surface area contributed by atoms with Crippen molar-refractivity contribution in [2.45, 2.75) is 15.7 Å². The number of H-pyrrole nitrogens is 1. The monoisotopic (exact) mass is 293 g/mol. The summed E-state index contributed by atoms with van der Waals surface area (Å²) < 4.78 is 0. The van der Waals surface area contributed by atoms with Crippen molar-refractivity contribution in [2.24, 2.45) is 0 Å². The second-order valence-electron chi connectivity index (χ2n) is 5.20. The summed E-state index contributed by atoms with van der Waals surface area (Å²) >= 11 is 1.83. The van der Waals surface area contributed by atoms with Crippen LogP contribution in [0.15, 0.2) is 52.3 Å². The molecule has 5 rings (SSSR count). The molecule has 0 radical (unpaired) electrons. The molecule has 1 atom stereocenters. The molecule has 0 bridgehead atoms. The molecule has 2 aliphatic heterocycles. The van der Waals surface area contributed by atoms with Crippen LogP contribution in [-0.4, -0.2) is 27.2 Å². The van der Waals surface area contributed by atoms with E-state index in [1.165, 1.54) is 26.7 Å². The standard InChI is InChI=1S/C15H11N5S/c1-2-6-12-11(5-1)20-8-10(15-16-18-19-17-15)9-4-3-7-13(21-12)14(9)20/h1-7,10H,8H2,(H,16,17,18,19). The number of tetrazole rings is 1. The fraction of sp³-hybridized carbons (Fsp3) is 0.133. The maximum Gasteiger partial charge on any atom is 0.183 e. The zero-order chi connectivity index (χ0) is 13.8. The fourth-order valence-electron chi connectivity index (χ4n) is 3.21. The van der Waals surface area contributed by atoms with Crippen LogP contribution >= 0.6 is 11.8 Å². The number of benzene rings is 2. The lowest BCUT2D eigenvalue weighted by Gasteiger charge is -2.28. The van der Waals surface area contributed by atoms with E-state index in [1.807, 2.05) is 11.8 Å². The molecule has 21 heavy (non-hydrogen) atoms. The van der Waals surface area contributed by atoms with E-state index < -0.39 is 0 Å². The highest BCUT2D eigenvalue weighted by Gasteiger charge is 2.37. The van der Waals surface area contributed by atoms with Crippen molar-refractivity contribution in [1.29, 1.82) is 0 Å². The Bertz CT molecular complexity index is 830. The highest BCUT2D eigenvalue weighted by atomic mass is 32.2. The Morgan fingerprint density at radius 1 is 1.10 bits per heavy atom. The van der Waals surface area contributed by atoms with E-state index >= 15 is 0 Å². The highest BCUT2D eigenvalue weighted by molar-refractivity contribution is 7.99. The summed E-state index contributed by atoms with van der Waals surface area (Å²) in [4.78, 5) is 4.99. The number of anilines is 2. The number of hydrogen-bond donors (Lipinski definition) is 1. The molecule has 0 fully saturated rings. The number of rotatable bonds is 1. The summed E-state index contributed by atoms with van der Waals surface area (Å²) in [6.07, 6.45) is 0. The molecule has 5 nitrogen and oxygen atoms in total. The first-order valence-corrected chi connectivity index (χ1v) is 7.64. The van der Waals surface area contributed by atoms with E-state index in [0.717, 1.165) is 12.4 Å². The lowest BCUT2D eigenvalue weighted by atomic mass is 10.0. The molecular weight excluding hydrogens is 282 g/mol. The van der Waals surface area contributed by atoms with Crippen molar-refractivity contribution < 1.29 is 0 Å². The number of fused-ring (bicyclic) bond motifs is 2. The van der Waals surface area contributed by atoms with Gasteiger partial charge in [-0.25, -0.2) is 0 Å². The second kappa shape index (κ2) is 4.08. The number of hydrogen-bond acceptors (Lipinski definition) is 5. The van der Waals surface area contributed by atoms with Crippen molar-refractivity contribution in [3.8, 4) is 0 Å². The minimum atomic E-state index is 0.172. The van der Waals surface area contributed by atoms with Gasteiger partial charge in [0.1, 0.15) is 0 Å². The van der Waals surface area contributed by atoms with E-state index in [2.05, 4.69) is 68.0 Å². The summed E-state index contributed by atoms with van der Waals surface area (Å²) in [5, 5.41) is 14.7. The van der Waals surface area contributed by atoms with Crippen LogP contribution in [0.25, 0.3) is 0 Å². The average Bonchev–Trinajstić information content (AvgIpc) is 3.16. The number of aromatic nitrogens is 4. The van der Waals surface area contributed by atoms with Gasteiger partial charge in [-0.05, 0) is 23.8 Å². The molecule has 102 valence electrons. The Balaban J connectivity index is 1.74. The van der Waals surface area contributed by atoms with E-state index in [0.29, 0.717) is 0 Å². The Morgan fingerprint density at radius 2 is 2.00 bits per heavy atom. The summed E-state index contributed by atoms with van der Waals surface area (Å²) in [5.74, 6) is 0.936. The molecule has 0 aliphatic carbocycles. The molecule has 1 N–H and O–H groups in total. The summed E-state index contributed by atoms with van der Waals surface area (Å²) in [7, 11) is 0. The SMILES string of the molecule is c1ccc2c(c1)Sc1cccc3c1N2CC3c1nn[nH]n1. The normalized spacial score (nSPS) is 18.5. The van der Waals surface area contributed by atoms with Gasteiger partial charge in [0.05, 0.1) is 17.3 Å². The lowest BCUT2D eigenvalue weighted by Crippen LogP contribution is -2.19. The molecular formula is C15H11N5S. The Hall–Kier alpha value is -2.34. The fourth-order valence-corrected chi connectivity index (χ4v) is 4.34. The van der Waals surface area contributed by atoms with Crippen LogP contribution in [0.5, 0.6) is 0 Å². The molecule has 3 aromatic rings. The van der Waals surface area contributed by atoms with Crippen molar-refractivity contribution in [3.63, 3.8) is 0 Å². The number of aromatic amines is 1. The van der Waals surface area contributed by atoms with Gasteiger partial charge in [0.2, 0.25) is 0 Å². The van der Waals surface area contributed by atoms with Gasteiger partial charge in [-0.3, -0.25) is 0 Å². The smallest absolute Gasteiger partial charge is 0.183 e. The predicted molar refractivity (Wildman–Crippen MR) is 80.0 cm³/mol. The first-order valence-electron chi connectivity index (χ1n) is 6.82. The van der Waals surface area contributed by atoms with E-state index in [-0.39, 0.29) is 5.92 Å². The van der Waals surface area contributed by atoms with Crippen molar-refractivity contribution in [3.05, 3.63) is 53.9 Å². The third-order valence-electron chi connectivity index (χ3n) is 4.09. The first-order chi connectivity index (χ1) is 10.4. The van der Waals surface area contributed by atoms with Gasteiger partial charge in [-0.2, -0.15) is 5.21 Å².